The second-order valence-electron chi connectivity index (χ2n) is 6.89. The monoisotopic (exact) mass is 414 g/mol. The van der Waals surface area contributed by atoms with Gasteiger partial charge in [0.1, 0.15) is 0 Å². The molecule has 1 aliphatic heterocycles. The van der Waals surface area contributed by atoms with Gasteiger partial charge in [0.05, 0.1) is 13.7 Å². The first-order chi connectivity index (χ1) is 14.6. The van der Waals surface area contributed by atoms with Gasteiger partial charge in [-0.15, -0.1) is 0 Å². The number of carbonyl (C=O) groups is 1. The molecule has 0 aliphatic carbocycles. The van der Waals surface area contributed by atoms with Crippen molar-refractivity contribution in [2.75, 3.05) is 37.0 Å². The number of nitrogens with zero attached hydrogens (tertiary/aromatic N) is 3. The molecule has 0 spiro atoms. The van der Waals surface area contributed by atoms with Crippen molar-refractivity contribution in [2.45, 2.75) is 25.9 Å². The fourth-order valence-corrected chi connectivity index (χ4v) is 3.23. The van der Waals surface area contributed by atoms with Gasteiger partial charge in [0, 0.05) is 37.6 Å². The van der Waals surface area contributed by atoms with Crippen LogP contribution in [-0.4, -0.2) is 49.8 Å². The lowest BCUT2D eigenvalue weighted by Crippen LogP contribution is -2.44. The van der Waals surface area contributed by atoms with E-state index in [-0.39, 0.29) is 11.9 Å². The zero-order valence-electron chi connectivity index (χ0n) is 17.2. The van der Waals surface area contributed by atoms with Crippen molar-refractivity contribution in [2.24, 2.45) is 4.99 Å². The highest BCUT2D eigenvalue weighted by molar-refractivity contribution is 5.84. The molecule has 160 valence electrons. The highest BCUT2D eigenvalue weighted by Gasteiger charge is 2.25. The molecule has 0 radical (unpaired) electrons. The molecule has 1 saturated heterocycles. The van der Waals surface area contributed by atoms with Crippen LogP contribution in [0, 0.1) is 5.82 Å². The standard InChI is InChI=1S/C21H27FN6O2/c1-3-23-20(25-13-15-6-8-16(9-7-15)27-21(29)30-2)26-17-10-12-28(14-17)19-18(22)5-4-11-24-19/h4-9,11,17H,3,10,12-14H2,1-2H3,(H,27,29)(H2,23,25,26). The molecule has 1 amide bonds. The Balaban J connectivity index is 1.57. The topological polar surface area (TPSA) is 90.9 Å². The van der Waals surface area contributed by atoms with E-state index in [0.29, 0.717) is 30.6 Å². The summed E-state index contributed by atoms with van der Waals surface area (Å²) < 4.78 is 18.6. The van der Waals surface area contributed by atoms with Crippen LogP contribution in [0.3, 0.4) is 0 Å². The van der Waals surface area contributed by atoms with E-state index in [1.165, 1.54) is 13.2 Å². The largest absolute Gasteiger partial charge is 0.453 e. The molecule has 1 aromatic carbocycles. The summed E-state index contributed by atoms with van der Waals surface area (Å²) in [5.41, 5.74) is 1.67. The second-order valence-corrected chi connectivity index (χ2v) is 6.89. The Hall–Kier alpha value is -3.36. The number of rotatable bonds is 6. The third-order valence-electron chi connectivity index (χ3n) is 4.72. The number of hydrogen-bond donors (Lipinski definition) is 3. The van der Waals surface area contributed by atoms with Gasteiger partial charge in [-0.1, -0.05) is 12.1 Å². The van der Waals surface area contributed by atoms with Crippen LogP contribution >= 0.6 is 0 Å². The van der Waals surface area contributed by atoms with E-state index in [1.807, 2.05) is 24.0 Å². The Morgan fingerprint density at radius 3 is 2.83 bits per heavy atom. The molecule has 2 heterocycles. The van der Waals surface area contributed by atoms with Crippen LogP contribution in [0.15, 0.2) is 47.6 Å². The van der Waals surface area contributed by atoms with Crippen molar-refractivity contribution in [1.82, 2.24) is 15.6 Å². The zero-order chi connectivity index (χ0) is 21.3. The van der Waals surface area contributed by atoms with Crippen molar-refractivity contribution in [3.8, 4) is 0 Å². The lowest BCUT2D eigenvalue weighted by molar-refractivity contribution is 0.187. The maximum absolute atomic E-state index is 14.0. The summed E-state index contributed by atoms with van der Waals surface area (Å²) in [7, 11) is 1.32. The third-order valence-corrected chi connectivity index (χ3v) is 4.72. The maximum atomic E-state index is 14.0. The molecule has 1 aliphatic rings. The molecule has 1 unspecified atom stereocenters. The van der Waals surface area contributed by atoms with E-state index in [0.717, 1.165) is 25.1 Å². The highest BCUT2D eigenvalue weighted by atomic mass is 19.1. The van der Waals surface area contributed by atoms with Crippen LogP contribution in [0.4, 0.5) is 20.7 Å². The number of aromatic nitrogens is 1. The first-order valence-corrected chi connectivity index (χ1v) is 9.93. The van der Waals surface area contributed by atoms with Crippen LogP contribution in [0.1, 0.15) is 18.9 Å². The number of pyridine rings is 1. The number of amides is 1. The zero-order valence-corrected chi connectivity index (χ0v) is 17.2. The van der Waals surface area contributed by atoms with Gasteiger partial charge in [-0.25, -0.2) is 19.2 Å². The molecule has 2 aromatic rings. The average Bonchev–Trinajstić information content (AvgIpc) is 3.21. The van der Waals surface area contributed by atoms with Crippen LogP contribution in [0.25, 0.3) is 0 Å². The number of benzene rings is 1. The fraction of sp³-hybridized carbons (Fsp3) is 0.381. The van der Waals surface area contributed by atoms with Gasteiger partial charge in [0.25, 0.3) is 0 Å². The third kappa shape index (κ3) is 5.82. The lowest BCUT2D eigenvalue weighted by atomic mass is 10.2. The number of carbonyl (C=O) groups excluding carboxylic acids is 1. The van der Waals surface area contributed by atoms with E-state index in [9.17, 15) is 9.18 Å². The number of methoxy groups -OCH3 is 1. The molecule has 8 nitrogen and oxygen atoms in total. The summed E-state index contributed by atoms with van der Waals surface area (Å²) in [5.74, 6) is 0.802. The molecule has 1 aromatic heterocycles. The van der Waals surface area contributed by atoms with Crippen LogP contribution in [0.5, 0.6) is 0 Å². The Kier molecular flexibility index (Phi) is 7.42. The smallest absolute Gasteiger partial charge is 0.411 e. The van der Waals surface area contributed by atoms with Gasteiger partial charge < -0.3 is 20.3 Å². The van der Waals surface area contributed by atoms with E-state index in [2.05, 4.69) is 30.7 Å². The average molecular weight is 414 g/mol. The van der Waals surface area contributed by atoms with E-state index in [1.54, 1.807) is 24.4 Å². The SMILES string of the molecule is CCNC(=NCc1ccc(NC(=O)OC)cc1)NC1CCN(c2ncccc2F)C1. The molecule has 9 heteroatoms. The molecule has 0 bridgehead atoms. The van der Waals surface area contributed by atoms with E-state index in [4.69, 9.17) is 0 Å². The summed E-state index contributed by atoms with van der Waals surface area (Å²) in [6, 6.07) is 10.6. The summed E-state index contributed by atoms with van der Waals surface area (Å²) in [6.07, 6.45) is 1.97. The van der Waals surface area contributed by atoms with Gasteiger partial charge in [0.2, 0.25) is 0 Å². The molecular weight excluding hydrogens is 387 g/mol. The molecule has 1 atom stereocenters. The number of ether oxygens (including phenoxy) is 1. The maximum Gasteiger partial charge on any atom is 0.411 e. The summed E-state index contributed by atoms with van der Waals surface area (Å²) in [6.45, 7) is 4.62. The van der Waals surface area contributed by atoms with Crippen molar-refractivity contribution in [1.29, 1.82) is 0 Å². The molecular formula is C21H27FN6O2. The normalized spacial score (nSPS) is 16.3. The predicted molar refractivity (Wildman–Crippen MR) is 115 cm³/mol. The molecule has 30 heavy (non-hydrogen) atoms. The van der Waals surface area contributed by atoms with Gasteiger partial charge in [-0.2, -0.15) is 0 Å². The van der Waals surface area contributed by atoms with Gasteiger partial charge >= 0.3 is 6.09 Å². The van der Waals surface area contributed by atoms with Crippen molar-refractivity contribution >= 4 is 23.6 Å². The number of halogens is 1. The second kappa shape index (κ2) is 10.4. The lowest BCUT2D eigenvalue weighted by Gasteiger charge is -2.20. The van der Waals surface area contributed by atoms with E-state index < -0.39 is 6.09 Å². The molecule has 0 saturated carbocycles. The molecule has 3 N–H and O–H groups in total. The van der Waals surface area contributed by atoms with Gasteiger partial charge in [-0.05, 0) is 43.2 Å². The number of nitrogens with one attached hydrogen (secondary N) is 3. The Morgan fingerprint density at radius 2 is 2.13 bits per heavy atom. The molecule has 1 fully saturated rings. The Bertz CT molecular complexity index is 874. The molecule has 3 rings (SSSR count). The van der Waals surface area contributed by atoms with Gasteiger partial charge in [0.15, 0.2) is 17.6 Å². The number of aliphatic imine (C=N–C) groups is 1. The summed E-state index contributed by atoms with van der Waals surface area (Å²) >= 11 is 0. The van der Waals surface area contributed by atoms with Crippen LogP contribution in [-0.2, 0) is 11.3 Å². The van der Waals surface area contributed by atoms with Crippen LogP contribution < -0.4 is 20.9 Å². The summed E-state index contributed by atoms with van der Waals surface area (Å²) in [5, 5.41) is 9.29. The van der Waals surface area contributed by atoms with Gasteiger partial charge in [-0.3, -0.25) is 5.32 Å². The van der Waals surface area contributed by atoms with Crippen molar-refractivity contribution in [3.63, 3.8) is 0 Å². The number of guanidine groups is 1. The fourth-order valence-electron chi connectivity index (χ4n) is 3.23. The quantitative estimate of drug-likeness (QED) is 0.497. The number of anilines is 2. The van der Waals surface area contributed by atoms with E-state index >= 15 is 0 Å². The minimum absolute atomic E-state index is 0.149. The Morgan fingerprint density at radius 1 is 1.33 bits per heavy atom. The summed E-state index contributed by atoms with van der Waals surface area (Å²) in [4.78, 5) is 22.0. The van der Waals surface area contributed by atoms with Crippen molar-refractivity contribution in [3.05, 3.63) is 54.0 Å². The number of hydrogen-bond acceptors (Lipinski definition) is 5. The highest BCUT2D eigenvalue weighted by Crippen LogP contribution is 2.20. The minimum atomic E-state index is -0.504. The Labute approximate surface area is 175 Å². The first kappa shape index (κ1) is 21.4. The van der Waals surface area contributed by atoms with Crippen LogP contribution in [0.2, 0.25) is 0 Å². The predicted octanol–water partition coefficient (Wildman–Crippen LogP) is 2.73. The van der Waals surface area contributed by atoms with Crippen molar-refractivity contribution < 1.29 is 13.9 Å². The first-order valence-electron chi connectivity index (χ1n) is 9.93. The minimum Gasteiger partial charge on any atom is -0.453 e.